The van der Waals surface area contributed by atoms with Gasteiger partial charge in [0, 0.05) is 11.7 Å². The second-order valence-electron chi connectivity index (χ2n) is 4.59. The van der Waals surface area contributed by atoms with Crippen molar-refractivity contribution in [3.8, 4) is 0 Å². The van der Waals surface area contributed by atoms with Crippen LogP contribution in [-0.4, -0.2) is 18.8 Å². The molecule has 0 unspecified atom stereocenters. The molecule has 3 heteroatoms. The Morgan fingerprint density at radius 1 is 1.39 bits per heavy atom. The van der Waals surface area contributed by atoms with Crippen LogP contribution in [0.1, 0.15) is 24.3 Å². The third-order valence-electron chi connectivity index (χ3n) is 3.52. The SMILES string of the molecule is COC(=O)[C@H]1CCC(CS)=C[C@@H]1c1ccccc1. The van der Waals surface area contributed by atoms with Crippen molar-refractivity contribution in [2.75, 3.05) is 12.9 Å². The van der Waals surface area contributed by atoms with E-state index in [4.69, 9.17) is 4.74 Å². The number of rotatable bonds is 3. The zero-order chi connectivity index (χ0) is 13.0. The highest BCUT2D eigenvalue weighted by Gasteiger charge is 2.31. The van der Waals surface area contributed by atoms with Crippen molar-refractivity contribution < 1.29 is 9.53 Å². The van der Waals surface area contributed by atoms with Crippen LogP contribution in [-0.2, 0) is 9.53 Å². The number of hydrogen-bond donors (Lipinski definition) is 1. The fourth-order valence-corrected chi connectivity index (χ4v) is 2.79. The quantitative estimate of drug-likeness (QED) is 0.514. The van der Waals surface area contributed by atoms with Gasteiger partial charge in [0.25, 0.3) is 0 Å². The summed E-state index contributed by atoms with van der Waals surface area (Å²) in [5.74, 6) is 0.700. The minimum absolute atomic E-state index is 0.0685. The van der Waals surface area contributed by atoms with Gasteiger partial charge in [-0.15, -0.1) is 0 Å². The molecule has 0 spiro atoms. The first-order valence-corrected chi connectivity index (χ1v) is 6.82. The number of benzene rings is 1. The van der Waals surface area contributed by atoms with Crippen LogP contribution in [0, 0.1) is 5.92 Å². The highest BCUT2D eigenvalue weighted by Crippen LogP contribution is 2.37. The maximum Gasteiger partial charge on any atom is 0.309 e. The van der Waals surface area contributed by atoms with E-state index in [2.05, 4.69) is 30.8 Å². The molecule has 2 rings (SSSR count). The summed E-state index contributed by atoms with van der Waals surface area (Å²) in [5.41, 5.74) is 2.49. The van der Waals surface area contributed by atoms with Gasteiger partial charge in [-0.2, -0.15) is 12.6 Å². The van der Waals surface area contributed by atoms with Crippen LogP contribution in [0.25, 0.3) is 0 Å². The smallest absolute Gasteiger partial charge is 0.309 e. The van der Waals surface area contributed by atoms with E-state index in [-0.39, 0.29) is 17.8 Å². The summed E-state index contributed by atoms with van der Waals surface area (Å²) in [6.07, 6.45) is 3.97. The van der Waals surface area contributed by atoms with Crippen molar-refractivity contribution in [2.45, 2.75) is 18.8 Å². The maximum absolute atomic E-state index is 11.9. The van der Waals surface area contributed by atoms with Gasteiger partial charge in [0.15, 0.2) is 0 Å². The van der Waals surface area contributed by atoms with Crippen LogP contribution in [0.2, 0.25) is 0 Å². The highest BCUT2D eigenvalue weighted by molar-refractivity contribution is 7.80. The molecular weight excluding hydrogens is 244 g/mol. The van der Waals surface area contributed by atoms with E-state index in [0.717, 1.165) is 18.6 Å². The summed E-state index contributed by atoms with van der Waals surface area (Å²) >= 11 is 4.34. The molecule has 2 nitrogen and oxygen atoms in total. The van der Waals surface area contributed by atoms with Crippen LogP contribution in [0.5, 0.6) is 0 Å². The molecule has 2 atom stereocenters. The van der Waals surface area contributed by atoms with Gasteiger partial charge in [-0.25, -0.2) is 0 Å². The molecule has 0 heterocycles. The molecule has 1 aromatic carbocycles. The number of hydrogen-bond acceptors (Lipinski definition) is 3. The zero-order valence-electron chi connectivity index (χ0n) is 10.5. The Labute approximate surface area is 113 Å². The predicted molar refractivity (Wildman–Crippen MR) is 75.9 cm³/mol. The molecule has 0 aliphatic heterocycles. The second-order valence-corrected chi connectivity index (χ2v) is 4.90. The van der Waals surface area contributed by atoms with E-state index in [9.17, 15) is 4.79 Å². The molecule has 1 aliphatic carbocycles. The summed E-state index contributed by atoms with van der Waals surface area (Å²) in [6.45, 7) is 0. The van der Waals surface area contributed by atoms with Gasteiger partial charge >= 0.3 is 5.97 Å². The van der Waals surface area contributed by atoms with Gasteiger partial charge in [0.05, 0.1) is 13.0 Å². The Bertz CT molecular complexity index is 439. The number of carbonyl (C=O) groups is 1. The first-order valence-electron chi connectivity index (χ1n) is 6.19. The van der Waals surface area contributed by atoms with Crippen molar-refractivity contribution >= 4 is 18.6 Å². The average Bonchev–Trinajstić information content (AvgIpc) is 2.46. The summed E-state index contributed by atoms with van der Waals surface area (Å²) in [4.78, 5) is 11.9. The number of allylic oxidation sites excluding steroid dienone is 1. The number of carbonyl (C=O) groups excluding carboxylic acids is 1. The maximum atomic E-state index is 11.9. The van der Waals surface area contributed by atoms with Crippen molar-refractivity contribution in [3.05, 3.63) is 47.5 Å². The molecule has 0 aromatic heterocycles. The molecule has 0 fully saturated rings. The van der Waals surface area contributed by atoms with Crippen LogP contribution < -0.4 is 0 Å². The molecule has 0 amide bonds. The molecule has 0 bridgehead atoms. The summed E-state index contributed by atoms with van der Waals surface area (Å²) < 4.78 is 4.92. The first-order chi connectivity index (χ1) is 8.76. The zero-order valence-corrected chi connectivity index (χ0v) is 11.4. The fraction of sp³-hybridized carbons (Fsp3) is 0.400. The van der Waals surface area contributed by atoms with Crippen molar-refractivity contribution in [3.63, 3.8) is 0 Å². The van der Waals surface area contributed by atoms with Crippen molar-refractivity contribution in [1.82, 2.24) is 0 Å². The number of methoxy groups -OCH3 is 1. The minimum atomic E-state index is -0.113. The Kier molecular flexibility index (Phi) is 4.48. The molecule has 18 heavy (non-hydrogen) atoms. The number of esters is 1. The minimum Gasteiger partial charge on any atom is -0.469 e. The largest absolute Gasteiger partial charge is 0.469 e. The lowest BCUT2D eigenvalue weighted by molar-refractivity contribution is -0.146. The van der Waals surface area contributed by atoms with Crippen molar-refractivity contribution in [2.24, 2.45) is 5.92 Å². The second kappa shape index (κ2) is 6.10. The normalized spacial score (nSPS) is 23.3. The standard InChI is InChI=1S/C15H18O2S/c1-17-15(16)13-8-7-11(10-18)9-14(13)12-5-3-2-4-6-12/h2-6,9,13-14,18H,7-8,10H2,1H3/t13-,14+/m0/s1. The van der Waals surface area contributed by atoms with Gasteiger partial charge in [0.1, 0.15) is 0 Å². The van der Waals surface area contributed by atoms with E-state index in [0.29, 0.717) is 0 Å². The molecule has 0 saturated carbocycles. The molecule has 1 aromatic rings. The number of thiol groups is 1. The van der Waals surface area contributed by atoms with E-state index >= 15 is 0 Å². The van der Waals surface area contributed by atoms with Gasteiger partial charge < -0.3 is 4.74 Å². The fourth-order valence-electron chi connectivity index (χ4n) is 2.53. The van der Waals surface area contributed by atoms with Crippen LogP contribution in [0.15, 0.2) is 42.0 Å². The lowest BCUT2D eigenvalue weighted by Crippen LogP contribution is -2.26. The van der Waals surface area contributed by atoms with E-state index < -0.39 is 0 Å². The van der Waals surface area contributed by atoms with Crippen LogP contribution in [0.3, 0.4) is 0 Å². The average molecular weight is 262 g/mol. The van der Waals surface area contributed by atoms with Gasteiger partial charge in [-0.3, -0.25) is 4.79 Å². The Balaban J connectivity index is 2.33. The highest BCUT2D eigenvalue weighted by atomic mass is 32.1. The molecule has 0 saturated heterocycles. The summed E-state index contributed by atoms with van der Waals surface area (Å²) in [6, 6.07) is 10.1. The molecule has 96 valence electrons. The third kappa shape index (κ3) is 2.78. The van der Waals surface area contributed by atoms with Crippen molar-refractivity contribution in [1.29, 1.82) is 0 Å². The Morgan fingerprint density at radius 2 is 2.11 bits per heavy atom. The monoisotopic (exact) mass is 262 g/mol. The lowest BCUT2D eigenvalue weighted by atomic mass is 9.77. The van der Waals surface area contributed by atoms with E-state index in [1.54, 1.807) is 0 Å². The lowest BCUT2D eigenvalue weighted by Gasteiger charge is -2.28. The molecule has 0 radical (unpaired) electrons. The Morgan fingerprint density at radius 3 is 2.72 bits per heavy atom. The Hall–Kier alpha value is -1.22. The molecule has 1 aliphatic rings. The molecular formula is C15H18O2S. The van der Waals surface area contributed by atoms with Crippen LogP contribution >= 0.6 is 12.6 Å². The summed E-state index contributed by atoms with van der Waals surface area (Å²) in [7, 11) is 1.46. The third-order valence-corrected chi connectivity index (χ3v) is 3.92. The predicted octanol–water partition coefficient (Wildman–Crippen LogP) is 3.21. The first kappa shape index (κ1) is 13.2. The van der Waals surface area contributed by atoms with Gasteiger partial charge in [0.2, 0.25) is 0 Å². The van der Waals surface area contributed by atoms with Crippen LogP contribution in [0.4, 0.5) is 0 Å². The number of ether oxygens (including phenoxy) is 1. The summed E-state index contributed by atoms with van der Waals surface area (Å²) in [5, 5.41) is 0. The molecule has 0 N–H and O–H groups in total. The topological polar surface area (TPSA) is 26.3 Å². The van der Waals surface area contributed by atoms with Gasteiger partial charge in [-0.05, 0) is 18.4 Å². The van der Waals surface area contributed by atoms with Gasteiger partial charge in [-0.1, -0.05) is 42.0 Å². The van der Waals surface area contributed by atoms with E-state index in [1.807, 2.05) is 18.2 Å². The van der Waals surface area contributed by atoms with E-state index in [1.165, 1.54) is 18.2 Å².